The van der Waals surface area contributed by atoms with Crippen molar-refractivity contribution in [1.29, 1.82) is 0 Å². The van der Waals surface area contributed by atoms with E-state index in [2.05, 4.69) is 40.4 Å². The first kappa shape index (κ1) is 18.0. The van der Waals surface area contributed by atoms with Gasteiger partial charge in [0.2, 0.25) is 0 Å². The van der Waals surface area contributed by atoms with Crippen molar-refractivity contribution < 1.29 is 0 Å². The van der Waals surface area contributed by atoms with Crippen molar-refractivity contribution in [2.24, 2.45) is 0 Å². The highest BCUT2D eigenvalue weighted by Gasteiger charge is 2.14. The fourth-order valence-corrected chi connectivity index (χ4v) is 4.97. The molecule has 6 aromatic rings. The van der Waals surface area contributed by atoms with Crippen LogP contribution in [0, 0.1) is 0 Å². The Morgan fingerprint density at radius 3 is 2.87 bits per heavy atom. The molecule has 0 fully saturated rings. The number of rotatable bonds is 4. The quantitative estimate of drug-likeness (QED) is 0.414. The fourth-order valence-electron chi connectivity index (χ4n) is 4.05. The van der Waals surface area contributed by atoms with Gasteiger partial charge < -0.3 is 4.98 Å². The summed E-state index contributed by atoms with van der Waals surface area (Å²) < 4.78 is 2.47. The molecule has 0 aliphatic rings. The number of nitrogens with one attached hydrogen (secondary N) is 1. The first-order valence-electron chi connectivity index (χ1n) is 10.2. The Kier molecular flexibility index (Phi) is 4.18. The molecule has 5 nitrogen and oxygen atoms in total. The largest absolute Gasteiger partial charge is 0.361 e. The molecule has 6 rings (SSSR count). The lowest BCUT2D eigenvalue weighted by atomic mass is 10.0. The number of H-pyrrole nitrogens is 1. The van der Waals surface area contributed by atoms with Crippen LogP contribution in [0.4, 0.5) is 0 Å². The van der Waals surface area contributed by atoms with Crippen LogP contribution in [0.15, 0.2) is 83.2 Å². The van der Waals surface area contributed by atoms with Gasteiger partial charge >= 0.3 is 0 Å². The number of hydrogen-bond donors (Lipinski definition) is 1. The van der Waals surface area contributed by atoms with Gasteiger partial charge in [-0.3, -0.25) is 9.78 Å². The smallest absolute Gasteiger partial charge is 0.276 e. The second-order valence-electron chi connectivity index (χ2n) is 7.59. The lowest BCUT2D eigenvalue weighted by Crippen LogP contribution is -2.23. The standard InChI is InChI=1S/C25H18N4OS/c30-25-24-20(18-6-5-17-9-11-26-22(17)13-18)15-31-23(24)14-27-29(25)12-10-19-8-7-16-3-1-2-4-21(16)28-19/h1-9,11,13-15,26H,10,12H2. The molecular formula is C25H18N4OS. The van der Waals surface area contributed by atoms with Gasteiger partial charge in [-0.05, 0) is 35.2 Å². The first-order chi connectivity index (χ1) is 15.3. The summed E-state index contributed by atoms with van der Waals surface area (Å²) in [6, 6.07) is 20.4. The van der Waals surface area contributed by atoms with E-state index in [0.29, 0.717) is 13.0 Å². The van der Waals surface area contributed by atoms with Crippen molar-refractivity contribution >= 4 is 43.2 Å². The molecule has 0 unspecified atom stereocenters. The summed E-state index contributed by atoms with van der Waals surface area (Å²) in [6.45, 7) is 0.491. The second kappa shape index (κ2) is 7.18. The molecule has 1 N–H and O–H groups in total. The zero-order valence-corrected chi connectivity index (χ0v) is 17.4. The van der Waals surface area contributed by atoms with Gasteiger partial charge in [-0.15, -0.1) is 11.3 Å². The van der Waals surface area contributed by atoms with Crippen LogP contribution in [0.1, 0.15) is 5.69 Å². The minimum atomic E-state index is -0.0545. The zero-order valence-electron chi connectivity index (χ0n) is 16.6. The predicted molar refractivity (Wildman–Crippen MR) is 127 cm³/mol. The maximum atomic E-state index is 13.3. The lowest BCUT2D eigenvalue weighted by molar-refractivity contribution is 0.580. The van der Waals surface area contributed by atoms with E-state index in [-0.39, 0.29) is 5.56 Å². The van der Waals surface area contributed by atoms with Crippen LogP contribution in [-0.4, -0.2) is 19.7 Å². The second-order valence-corrected chi connectivity index (χ2v) is 8.50. The summed E-state index contributed by atoms with van der Waals surface area (Å²) in [5.41, 5.74) is 4.93. The molecule has 6 heteroatoms. The van der Waals surface area contributed by atoms with E-state index in [9.17, 15) is 4.79 Å². The van der Waals surface area contributed by atoms with Crippen molar-refractivity contribution in [2.45, 2.75) is 13.0 Å². The number of aromatic nitrogens is 4. The minimum absolute atomic E-state index is 0.0545. The minimum Gasteiger partial charge on any atom is -0.361 e. The number of aromatic amines is 1. The van der Waals surface area contributed by atoms with Gasteiger partial charge in [0.25, 0.3) is 5.56 Å². The van der Waals surface area contributed by atoms with E-state index in [1.807, 2.05) is 41.9 Å². The number of nitrogens with zero attached hydrogens (tertiary/aromatic N) is 3. The van der Waals surface area contributed by atoms with E-state index in [4.69, 9.17) is 4.98 Å². The Morgan fingerprint density at radius 1 is 1.00 bits per heavy atom. The number of aryl methyl sites for hydroxylation is 2. The average molecular weight is 423 g/mol. The van der Waals surface area contributed by atoms with Crippen LogP contribution < -0.4 is 5.56 Å². The number of pyridine rings is 1. The van der Waals surface area contributed by atoms with Crippen LogP contribution in [0.3, 0.4) is 0 Å². The molecule has 0 aliphatic heterocycles. The van der Waals surface area contributed by atoms with Gasteiger partial charge in [0.1, 0.15) is 0 Å². The van der Waals surface area contributed by atoms with Crippen molar-refractivity contribution in [2.75, 3.05) is 0 Å². The van der Waals surface area contributed by atoms with Gasteiger partial charge in [0, 0.05) is 40.2 Å². The highest BCUT2D eigenvalue weighted by Crippen LogP contribution is 2.32. The third-order valence-corrected chi connectivity index (χ3v) is 6.60. The fraction of sp³-hybridized carbons (Fsp3) is 0.0800. The van der Waals surface area contributed by atoms with Gasteiger partial charge in [0.05, 0.1) is 28.3 Å². The molecule has 31 heavy (non-hydrogen) atoms. The summed E-state index contributed by atoms with van der Waals surface area (Å²) >= 11 is 1.56. The van der Waals surface area contributed by atoms with Crippen LogP contribution in [0.2, 0.25) is 0 Å². The number of fused-ring (bicyclic) bond motifs is 3. The normalized spacial score (nSPS) is 11.6. The summed E-state index contributed by atoms with van der Waals surface area (Å²) in [7, 11) is 0. The molecule has 150 valence electrons. The number of benzene rings is 2. The molecule has 2 aromatic carbocycles. The molecule has 0 spiro atoms. The Labute approximate surface area is 181 Å². The zero-order chi connectivity index (χ0) is 20.8. The van der Waals surface area contributed by atoms with Crippen LogP contribution in [0.5, 0.6) is 0 Å². The van der Waals surface area contributed by atoms with Crippen LogP contribution >= 0.6 is 11.3 Å². The van der Waals surface area contributed by atoms with Gasteiger partial charge in [-0.2, -0.15) is 5.10 Å². The molecule has 0 saturated carbocycles. The summed E-state index contributed by atoms with van der Waals surface area (Å²) in [4.78, 5) is 21.3. The third kappa shape index (κ3) is 3.12. The van der Waals surface area contributed by atoms with Gasteiger partial charge in [-0.25, -0.2) is 4.68 Å². The molecule has 4 heterocycles. The molecule has 0 atom stereocenters. The van der Waals surface area contributed by atoms with Crippen LogP contribution in [0.25, 0.3) is 43.0 Å². The number of para-hydroxylation sites is 1. The predicted octanol–water partition coefficient (Wildman–Crippen LogP) is 5.40. The number of thiophene rings is 1. The Hall–Kier alpha value is -3.77. The lowest BCUT2D eigenvalue weighted by Gasteiger charge is -2.07. The van der Waals surface area contributed by atoms with E-state index in [1.54, 1.807) is 22.2 Å². The topological polar surface area (TPSA) is 63.6 Å². The summed E-state index contributed by atoms with van der Waals surface area (Å²) in [5.74, 6) is 0. The molecule has 0 saturated heterocycles. The van der Waals surface area contributed by atoms with Gasteiger partial charge in [-0.1, -0.05) is 36.4 Å². The molecule has 0 radical (unpaired) electrons. The SMILES string of the molecule is O=c1c2c(-c3ccc4cc[nH]c4c3)csc2cnn1CCc1ccc2ccccc2n1. The van der Waals surface area contributed by atoms with E-state index >= 15 is 0 Å². The van der Waals surface area contributed by atoms with E-state index in [1.165, 1.54) is 0 Å². The van der Waals surface area contributed by atoms with Crippen molar-refractivity contribution in [1.82, 2.24) is 19.7 Å². The molecule has 0 bridgehead atoms. The molecular weight excluding hydrogens is 404 g/mol. The molecule has 0 aliphatic carbocycles. The molecule has 0 amide bonds. The Bertz CT molecular complexity index is 1630. The highest BCUT2D eigenvalue weighted by atomic mass is 32.1. The Balaban J connectivity index is 1.36. The average Bonchev–Trinajstić information content (AvgIpc) is 3.45. The summed E-state index contributed by atoms with van der Waals surface area (Å²) in [6.07, 6.45) is 4.38. The first-order valence-corrected chi connectivity index (χ1v) is 11.0. The molecule has 4 aromatic heterocycles. The van der Waals surface area contributed by atoms with Gasteiger partial charge in [0.15, 0.2) is 0 Å². The van der Waals surface area contributed by atoms with E-state index in [0.717, 1.165) is 48.7 Å². The van der Waals surface area contributed by atoms with E-state index < -0.39 is 0 Å². The van der Waals surface area contributed by atoms with Crippen LogP contribution in [-0.2, 0) is 13.0 Å². The maximum absolute atomic E-state index is 13.3. The summed E-state index contributed by atoms with van der Waals surface area (Å²) in [5, 5.41) is 9.47. The monoisotopic (exact) mass is 422 g/mol. The maximum Gasteiger partial charge on any atom is 0.276 e. The third-order valence-electron chi connectivity index (χ3n) is 5.68. The van der Waals surface area contributed by atoms with Crippen molar-refractivity contribution in [3.63, 3.8) is 0 Å². The Morgan fingerprint density at radius 2 is 1.90 bits per heavy atom. The van der Waals surface area contributed by atoms with Crippen molar-refractivity contribution in [3.8, 4) is 11.1 Å². The van der Waals surface area contributed by atoms with Crippen molar-refractivity contribution in [3.05, 3.63) is 94.5 Å². The highest BCUT2D eigenvalue weighted by molar-refractivity contribution is 7.17. The number of hydrogen-bond acceptors (Lipinski definition) is 4.